The van der Waals surface area contributed by atoms with E-state index in [2.05, 4.69) is 60.4 Å². The lowest BCUT2D eigenvalue weighted by molar-refractivity contribution is 0.0786. The quantitative estimate of drug-likeness (QED) is 0.459. The SMILES string of the molecule is Cc1cnc(C2CC(C)(C)n3ncc(C(=O)N(C)Cc4cccc5ccccc45)c3N2)s1. The molecule has 1 aliphatic heterocycles. The number of hydrogen-bond donors (Lipinski definition) is 1. The molecule has 0 fully saturated rings. The second kappa shape index (κ2) is 7.74. The molecular weight excluding hydrogens is 418 g/mol. The van der Waals surface area contributed by atoms with Gasteiger partial charge in [0.25, 0.3) is 5.91 Å². The van der Waals surface area contributed by atoms with E-state index in [0.717, 1.165) is 22.8 Å². The molecule has 0 spiro atoms. The van der Waals surface area contributed by atoms with E-state index in [4.69, 9.17) is 0 Å². The van der Waals surface area contributed by atoms with Crippen LogP contribution in [0.15, 0.2) is 54.9 Å². The first-order valence-electron chi connectivity index (χ1n) is 10.8. The van der Waals surface area contributed by atoms with Gasteiger partial charge in [0.15, 0.2) is 0 Å². The summed E-state index contributed by atoms with van der Waals surface area (Å²) in [4.78, 5) is 21.0. The van der Waals surface area contributed by atoms with Crippen molar-refractivity contribution in [2.45, 2.75) is 45.3 Å². The van der Waals surface area contributed by atoms with Gasteiger partial charge in [-0.05, 0) is 43.5 Å². The van der Waals surface area contributed by atoms with Gasteiger partial charge in [0.2, 0.25) is 0 Å². The van der Waals surface area contributed by atoms with Crippen LogP contribution >= 0.6 is 11.3 Å². The molecule has 0 radical (unpaired) electrons. The molecule has 0 bridgehead atoms. The minimum Gasteiger partial charge on any atom is -0.360 e. The highest BCUT2D eigenvalue weighted by atomic mass is 32.1. The fourth-order valence-corrected chi connectivity index (χ4v) is 5.38. The lowest BCUT2D eigenvalue weighted by atomic mass is 9.93. The van der Waals surface area contributed by atoms with Crippen LogP contribution in [0.1, 0.15) is 52.1 Å². The molecule has 164 valence electrons. The Morgan fingerprint density at radius 2 is 2.00 bits per heavy atom. The molecule has 0 aliphatic carbocycles. The largest absolute Gasteiger partial charge is 0.360 e. The van der Waals surface area contributed by atoms with Gasteiger partial charge in [0, 0.05) is 24.7 Å². The number of hydrogen-bond acceptors (Lipinski definition) is 5. The summed E-state index contributed by atoms with van der Waals surface area (Å²) in [7, 11) is 1.85. The minimum absolute atomic E-state index is 0.0431. The summed E-state index contributed by atoms with van der Waals surface area (Å²) < 4.78 is 1.95. The number of nitrogens with zero attached hydrogens (tertiary/aromatic N) is 4. The zero-order valence-electron chi connectivity index (χ0n) is 18.8. The maximum atomic E-state index is 13.5. The fourth-order valence-electron chi connectivity index (χ4n) is 4.55. The Labute approximate surface area is 191 Å². The molecule has 0 saturated heterocycles. The molecular formula is C25H27N5OS. The molecule has 2 aromatic carbocycles. The highest BCUT2D eigenvalue weighted by Crippen LogP contribution is 2.41. The number of carbonyl (C=O) groups is 1. The van der Waals surface area contributed by atoms with Crippen LogP contribution in [-0.2, 0) is 12.1 Å². The summed E-state index contributed by atoms with van der Waals surface area (Å²) in [5.74, 6) is 0.729. The lowest BCUT2D eigenvalue weighted by Crippen LogP contribution is -2.38. The molecule has 7 heteroatoms. The number of anilines is 1. The van der Waals surface area contributed by atoms with Gasteiger partial charge in [-0.3, -0.25) is 4.79 Å². The van der Waals surface area contributed by atoms with Gasteiger partial charge in [0.1, 0.15) is 16.4 Å². The van der Waals surface area contributed by atoms with Crippen LogP contribution in [0, 0.1) is 6.92 Å². The van der Waals surface area contributed by atoms with Crippen molar-refractivity contribution in [3.05, 3.63) is 75.9 Å². The van der Waals surface area contributed by atoms with E-state index >= 15 is 0 Å². The van der Waals surface area contributed by atoms with Crippen LogP contribution in [0.4, 0.5) is 5.82 Å². The third-order valence-electron chi connectivity index (χ3n) is 6.16. The van der Waals surface area contributed by atoms with Crippen LogP contribution in [-0.4, -0.2) is 32.6 Å². The minimum atomic E-state index is -0.225. The predicted octanol–water partition coefficient (Wildman–Crippen LogP) is 5.37. The second-order valence-corrected chi connectivity index (χ2v) is 10.4. The van der Waals surface area contributed by atoms with Gasteiger partial charge < -0.3 is 10.2 Å². The van der Waals surface area contributed by atoms with E-state index in [1.807, 2.05) is 36.1 Å². The summed E-state index contributed by atoms with van der Waals surface area (Å²) in [6.07, 6.45) is 4.46. The van der Waals surface area contributed by atoms with Crippen molar-refractivity contribution in [1.29, 1.82) is 0 Å². The highest BCUT2D eigenvalue weighted by Gasteiger charge is 2.38. The number of nitrogens with one attached hydrogen (secondary N) is 1. The van der Waals surface area contributed by atoms with Crippen LogP contribution in [0.3, 0.4) is 0 Å². The van der Waals surface area contributed by atoms with Crippen molar-refractivity contribution < 1.29 is 4.79 Å². The molecule has 1 atom stereocenters. The first-order chi connectivity index (χ1) is 15.3. The van der Waals surface area contributed by atoms with Crippen molar-refractivity contribution in [3.63, 3.8) is 0 Å². The molecule has 1 amide bonds. The van der Waals surface area contributed by atoms with Gasteiger partial charge in [-0.15, -0.1) is 11.3 Å². The molecule has 6 nitrogen and oxygen atoms in total. The maximum absolute atomic E-state index is 13.5. The highest BCUT2D eigenvalue weighted by molar-refractivity contribution is 7.11. The van der Waals surface area contributed by atoms with E-state index in [1.54, 1.807) is 22.4 Å². The first-order valence-corrected chi connectivity index (χ1v) is 11.6. The molecule has 0 saturated carbocycles. The Hall–Kier alpha value is -3.19. The number of fused-ring (bicyclic) bond motifs is 2. The molecule has 3 heterocycles. The maximum Gasteiger partial charge on any atom is 0.259 e. The van der Waals surface area contributed by atoms with E-state index in [9.17, 15) is 4.79 Å². The smallest absolute Gasteiger partial charge is 0.259 e. The van der Waals surface area contributed by atoms with E-state index < -0.39 is 0 Å². The Bertz CT molecular complexity index is 1300. The molecule has 2 aromatic heterocycles. The number of benzene rings is 2. The summed E-state index contributed by atoms with van der Waals surface area (Å²) in [6.45, 7) is 6.91. The Morgan fingerprint density at radius 1 is 1.22 bits per heavy atom. The van der Waals surface area contributed by atoms with Crippen molar-refractivity contribution in [2.75, 3.05) is 12.4 Å². The molecule has 1 aliphatic rings. The van der Waals surface area contributed by atoms with E-state index in [1.165, 1.54) is 15.6 Å². The normalized spacial score (nSPS) is 17.1. The van der Waals surface area contributed by atoms with Crippen LogP contribution in [0.2, 0.25) is 0 Å². The zero-order chi connectivity index (χ0) is 22.5. The van der Waals surface area contributed by atoms with Crippen molar-refractivity contribution >= 4 is 33.8 Å². The van der Waals surface area contributed by atoms with E-state index in [0.29, 0.717) is 12.1 Å². The van der Waals surface area contributed by atoms with Crippen molar-refractivity contribution in [3.8, 4) is 0 Å². The number of amides is 1. The van der Waals surface area contributed by atoms with Crippen LogP contribution < -0.4 is 5.32 Å². The van der Waals surface area contributed by atoms with Gasteiger partial charge in [-0.2, -0.15) is 5.10 Å². The van der Waals surface area contributed by atoms with Gasteiger partial charge >= 0.3 is 0 Å². The third-order valence-corrected chi connectivity index (χ3v) is 7.19. The predicted molar refractivity (Wildman–Crippen MR) is 129 cm³/mol. The van der Waals surface area contributed by atoms with Crippen molar-refractivity contribution in [2.24, 2.45) is 0 Å². The summed E-state index contributed by atoms with van der Waals surface area (Å²) in [5, 5.41) is 11.6. The molecule has 1 unspecified atom stereocenters. The standard InChI is InChI=1S/C25H27N5OS/c1-16-13-26-23(32-16)21-12-25(2,3)30-22(28-21)20(14-27-30)24(31)29(4)15-18-10-7-9-17-8-5-6-11-19(17)18/h5-11,13-14,21,28H,12,15H2,1-4H3. The average Bonchev–Trinajstić information content (AvgIpc) is 3.40. The Morgan fingerprint density at radius 3 is 2.78 bits per heavy atom. The average molecular weight is 446 g/mol. The first kappa shape index (κ1) is 20.7. The molecule has 32 heavy (non-hydrogen) atoms. The van der Waals surface area contributed by atoms with Gasteiger partial charge in [0.05, 0.1) is 17.8 Å². The number of aromatic nitrogens is 3. The topological polar surface area (TPSA) is 63.1 Å². The Kier molecular flexibility index (Phi) is 5.01. The van der Waals surface area contributed by atoms with Crippen molar-refractivity contribution in [1.82, 2.24) is 19.7 Å². The van der Waals surface area contributed by atoms with Crippen LogP contribution in [0.5, 0.6) is 0 Å². The molecule has 1 N–H and O–H groups in total. The van der Waals surface area contributed by atoms with Gasteiger partial charge in [-0.25, -0.2) is 9.67 Å². The summed E-state index contributed by atoms with van der Waals surface area (Å²) in [6, 6.07) is 14.6. The van der Waals surface area contributed by atoms with E-state index in [-0.39, 0.29) is 17.5 Å². The third kappa shape index (κ3) is 3.56. The fraction of sp³-hybridized carbons (Fsp3) is 0.320. The Balaban J connectivity index is 1.44. The summed E-state index contributed by atoms with van der Waals surface area (Å²) >= 11 is 1.70. The van der Waals surface area contributed by atoms with Gasteiger partial charge in [-0.1, -0.05) is 42.5 Å². The monoisotopic (exact) mass is 445 g/mol. The molecule has 4 aromatic rings. The second-order valence-electron chi connectivity index (χ2n) is 9.14. The number of rotatable bonds is 4. The van der Waals surface area contributed by atoms with Crippen LogP contribution in [0.25, 0.3) is 10.8 Å². The summed E-state index contributed by atoms with van der Waals surface area (Å²) in [5.41, 5.74) is 1.50. The lowest BCUT2D eigenvalue weighted by Gasteiger charge is -2.37. The molecule has 5 rings (SSSR count). The number of carbonyl (C=O) groups excluding carboxylic acids is 1. The number of thiazole rings is 1. The zero-order valence-corrected chi connectivity index (χ0v) is 19.6. The number of aryl methyl sites for hydroxylation is 1.